The fourth-order valence-corrected chi connectivity index (χ4v) is 5.26. The fourth-order valence-electron chi connectivity index (χ4n) is 3.23. The van der Waals surface area contributed by atoms with E-state index in [0.29, 0.717) is 10.6 Å². The Balaban J connectivity index is 1.57. The summed E-state index contributed by atoms with van der Waals surface area (Å²) < 4.78 is 15.6. The molecule has 0 saturated carbocycles. The van der Waals surface area contributed by atoms with E-state index in [-0.39, 0.29) is 5.15 Å². The molecule has 5 nitrogen and oxygen atoms in total. The summed E-state index contributed by atoms with van der Waals surface area (Å²) in [5.41, 5.74) is 3.53. The summed E-state index contributed by atoms with van der Waals surface area (Å²) in [6.07, 6.45) is 5.05. The van der Waals surface area contributed by atoms with Crippen LogP contribution in [-0.4, -0.2) is 28.3 Å². The van der Waals surface area contributed by atoms with Crippen molar-refractivity contribution < 1.29 is 4.21 Å². The summed E-state index contributed by atoms with van der Waals surface area (Å²) in [6, 6.07) is 21.6. The lowest BCUT2D eigenvalue weighted by Crippen LogP contribution is -2.14. The molecule has 1 unspecified atom stereocenters. The molecule has 0 saturated heterocycles. The van der Waals surface area contributed by atoms with Crippen LogP contribution in [0.3, 0.4) is 0 Å². The number of aliphatic imine (C=N–C) groups is 1. The number of thioether (sulfide) groups is 1. The van der Waals surface area contributed by atoms with E-state index < -0.39 is 11.0 Å². The van der Waals surface area contributed by atoms with Gasteiger partial charge in [0, 0.05) is 22.5 Å². The van der Waals surface area contributed by atoms with Crippen LogP contribution in [0.25, 0.3) is 4.91 Å². The zero-order chi connectivity index (χ0) is 24.2. The van der Waals surface area contributed by atoms with E-state index in [1.807, 2.05) is 37.3 Å². The molecule has 0 aliphatic heterocycles. The summed E-state index contributed by atoms with van der Waals surface area (Å²) in [5.74, 6) is 0.731. The SMILES string of the molecule is C=N/C(C)=C(\SCNCCCCc1ccccc1)c1cnc(Cl)c(NS(=O)c2ccccc2)c1. The van der Waals surface area contributed by atoms with Crippen LogP contribution in [0.2, 0.25) is 5.15 Å². The van der Waals surface area contributed by atoms with Crippen LogP contribution in [0.1, 0.15) is 30.9 Å². The lowest BCUT2D eigenvalue weighted by Gasteiger charge is -2.13. The van der Waals surface area contributed by atoms with Crippen LogP contribution in [-0.2, 0) is 17.4 Å². The first kappa shape index (κ1) is 26.2. The number of halogens is 1. The smallest absolute Gasteiger partial charge is 0.153 e. The molecule has 3 aromatic rings. The number of aromatic nitrogens is 1. The van der Waals surface area contributed by atoms with Crippen molar-refractivity contribution in [2.75, 3.05) is 17.1 Å². The first-order valence-corrected chi connectivity index (χ1v) is 13.5. The number of benzene rings is 2. The fraction of sp³-hybridized carbons (Fsp3) is 0.231. The van der Waals surface area contributed by atoms with Crippen molar-refractivity contribution in [1.29, 1.82) is 0 Å². The maximum Gasteiger partial charge on any atom is 0.153 e. The quantitative estimate of drug-likeness (QED) is 0.118. The summed E-state index contributed by atoms with van der Waals surface area (Å²) in [4.78, 5) is 10.0. The largest absolute Gasteiger partial charge is 0.308 e. The Hall–Kier alpha value is -2.45. The Morgan fingerprint density at radius 2 is 1.82 bits per heavy atom. The van der Waals surface area contributed by atoms with Crippen molar-refractivity contribution in [2.24, 2.45) is 4.99 Å². The lowest BCUT2D eigenvalue weighted by atomic mass is 10.1. The van der Waals surface area contributed by atoms with E-state index in [4.69, 9.17) is 11.6 Å². The van der Waals surface area contributed by atoms with E-state index in [1.165, 1.54) is 5.56 Å². The van der Waals surface area contributed by atoms with E-state index in [2.05, 4.69) is 51.0 Å². The van der Waals surface area contributed by atoms with Crippen molar-refractivity contribution in [3.8, 4) is 0 Å². The number of hydrogen-bond donors (Lipinski definition) is 2. The van der Waals surface area contributed by atoms with E-state index in [9.17, 15) is 4.21 Å². The van der Waals surface area contributed by atoms with Gasteiger partial charge in [-0.1, -0.05) is 60.1 Å². The molecule has 2 N–H and O–H groups in total. The molecule has 1 atom stereocenters. The van der Waals surface area contributed by atoms with E-state index in [0.717, 1.165) is 47.8 Å². The minimum absolute atomic E-state index is 0.262. The number of anilines is 1. The molecule has 34 heavy (non-hydrogen) atoms. The standard InChI is InChI=1S/C26H29ClN4OS2/c1-20(28-2)25(33-19-29-16-10-9-13-21-11-5-3-6-12-21)22-17-24(26(27)30-18-22)31-34(32)23-14-7-4-8-15-23/h3-8,11-12,14-15,17-18,29,31H,2,9-10,13,16,19H2,1H3/b25-20-. The zero-order valence-electron chi connectivity index (χ0n) is 19.2. The van der Waals surface area contributed by atoms with Crippen LogP contribution < -0.4 is 10.0 Å². The predicted octanol–water partition coefficient (Wildman–Crippen LogP) is 6.56. The van der Waals surface area contributed by atoms with Gasteiger partial charge in [0.05, 0.1) is 16.3 Å². The van der Waals surface area contributed by atoms with Gasteiger partial charge in [0.2, 0.25) is 0 Å². The Kier molecular flexibility index (Phi) is 10.8. The molecular formula is C26H29ClN4OS2. The van der Waals surface area contributed by atoms with Gasteiger partial charge in [0.25, 0.3) is 0 Å². The Bertz CT molecular complexity index is 1120. The Morgan fingerprint density at radius 3 is 2.53 bits per heavy atom. The molecule has 0 radical (unpaired) electrons. The third-order valence-electron chi connectivity index (χ3n) is 5.06. The Labute approximate surface area is 213 Å². The van der Waals surface area contributed by atoms with Crippen molar-refractivity contribution in [3.05, 3.63) is 94.9 Å². The highest BCUT2D eigenvalue weighted by molar-refractivity contribution is 8.08. The minimum Gasteiger partial charge on any atom is -0.308 e. The van der Waals surface area contributed by atoms with Gasteiger partial charge in [-0.15, -0.1) is 11.8 Å². The molecule has 0 fully saturated rings. The molecule has 0 bridgehead atoms. The summed E-state index contributed by atoms with van der Waals surface area (Å²) >= 11 is 7.93. The molecule has 1 heterocycles. The molecule has 0 aliphatic carbocycles. The maximum atomic E-state index is 12.7. The van der Waals surface area contributed by atoms with Gasteiger partial charge in [-0.2, -0.15) is 0 Å². The normalized spacial score (nSPS) is 12.6. The van der Waals surface area contributed by atoms with E-state index in [1.54, 1.807) is 30.1 Å². The molecular weight excluding hydrogens is 484 g/mol. The summed E-state index contributed by atoms with van der Waals surface area (Å²) in [5, 5.41) is 3.75. The predicted molar refractivity (Wildman–Crippen MR) is 148 cm³/mol. The first-order valence-electron chi connectivity index (χ1n) is 11.0. The minimum atomic E-state index is -1.45. The van der Waals surface area contributed by atoms with Gasteiger partial charge in [0.15, 0.2) is 5.15 Å². The number of hydrogen-bond acceptors (Lipinski definition) is 5. The maximum absolute atomic E-state index is 12.7. The molecule has 178 valence electrons. The number of nitrogens with zero attached hydrogens (tertiary/aromatic N) is 2. The van der Waals surface area contributed by atoms with Crippen LogP contribution in [0.5, 0.6) is 0 Å². The topological polar surface area (TPSA) is 66.4 Å². The van der Waals surface area contributed by atoms with Gasteiger partial charge in [-0.3, -0.25) is 9.71 Å². The highest BCUT2D eigenvalue weighted by Crippen LogP contribution is 2.33. The molecule has 8 heteroatoms. The highest BCUT2D eigenvalue weighted by Gasteiger charge is 2.13. The third kappa shape index (κ3) is 8.09. The highest BCUT2D eigenvalue weighted by atomic mass is 35.5. The average Bonchev–Trinajstić information content (AvgIpc) is 2.88. The number of unbranched alkanes of at least 4 members (excludes halogenated alkanes) is 1. The monoisotopic (exact) mass is 512 g/mol. The summed E-state index contributed by atoms with van der Waals surface area (Å²) in [6.45, 7) is 6.54. The molecule has 1 aromatic heterocycles. The number of aryl methyl sites for hydroxylation is 1. The number of pyridine rings is 1. The molecule has 0 aliphatic rings. The second-order valence-corrected chi connectivity index (χ2v) is 10.1. The van der Waals surface area contributed by atoms with Crippen molar-refractivity contribution in [2.45, 2.75) is 31.1 Å². The Morgan fingerprint density at radius 1 is 1.12 bits per heavy atom. The van der Waals surface area contributed by atoms with Crippen LogP contribution >= 0.6 is 23.4 Å². The number of rotatable bonds is 13. The van der Waals surface area contributed by atoms with Gasteiger partial charge >= 0.3 is 0 Å². The molecule has 3 rings (SSSR count). The number of allylic oxidation sites excluding steroid dienone is 1. The van der Waals surface area contributed by atoms with Gasteiger partial charge in [0.1, 0.15) is 11.0 Å². The number of nitrogens with one attached hydrogen (secondary N) is 2. The van der Waals surface area contributed by atoms with Crippen LogP contribution in [0.4, 0.5) is 5.69 Å². The average molecular weight is 513 g/mol. The zero-order valence-corrected chi connectivity index (χ0v) is 21.6. The molecule has 0 amide bonds. The van der Waals surface area contributed by atoms with Crippen LogP contribution in [0, 0.1) is 0 Å². The third-order valence-corrected chi connectivity index (χ3v) is 7.63. The van der Waals surface area contributed by atoms with Gasteiger partial charge in [-0.05, 0) is 63.2 Å². The van der Waals surface area contributed by atoms with Gasteiger partial charge in [-0.25, -0.2) is 9.19 Å². The first-order chi connectivity index (χ1) is 16.6. The second kappa shape index (κ2) is 14.1. The van der Waals surface area contributed by atoms with Crippen molar-refractivity contribution >= 4 is 51.7 Å². The van der Waals surface area contributed by atoms with Crippen molar-refractivity contribution in [1.82, 2.24) is 10.3 Å². The second-order valence-electron chi connectivity index (χ2n) is 7.55. The van der Waals surface area contributed by atoms with E-state index >= 15 is 0 Å². The van der Waals surface area contributed by atoms with Crippen molar-refractivity contribution in [3.63, 3.8) is 0 Å². The lowest BCUT2D eigenvalue weighted by molar-refractivity contribution is 0.669. The van der Waals surface area contributed by atoms with Crippen LogP contribution in [0.15, 0.2) is 88.5 Å². The van der Waals surface area contributed by atoms with Gasteiger partial charge < -0.3 is 5.32 Å². The summed E-state index contributed by atoms with van der Waals surface area (Å²) in [7, 11) is -1.45. The molecule has 2 aromatic carbocycles. The molecule has 0 spiro atoms.